The molecule has 23 nitrogen and oxygen atoms in total. The van der Waals surface area contributed by atoms with Crippen molar-refractivity contribution in [2.75, 3.05) is 26.4 Å². The fraction of sp³-hybridized carbons (Fsp3) is 0.919. The zero-order valence-corrected chi connectivity index (χ0v) is 51.5. The van der Waals surface area contributed by atoms with Gasteiger partial charge < -0.3 is 100 Å². The number of carboxylic acids is 1. The van der Waals surface area contributed by atoms with E-state index in [0.717, 1.165) is 51.9 Å². The molecule has 0 radical (unpaired) electrons. The average molecular weight is 1220 g/mol. The van der Waals surface area contributed by atoms with E-state index in [0.29, 0.717) is 12.8 Å². The van der Waals surface area contributed by atoms with E-state index in [1.807, 2.05) is 6.08 Å². The minimum atomic E-state index is -3.08. The van der Waals surface area contributed by atoms with Crippen molar-refractivity contribution in [1.82, 2.24) is 10.6 Å². The van der Waals surface area contributed by atoms with Crippen LogP contribution in [0.3, 0.4) is 0 Å². The number of aliphatic hydroxyl groups is 11. The summed E-state index contributed by atoms with van der Waals surface area (Å²) in [6, 6.07) is -2.61. The lowest BCUT2D eigenvalue weighted by Gasteiger charge is -2.50. The maximum atomic E-state index is 13.4. The topological polar surface area (TPSA) is 373 Å². The number of aliphatic carboxylic acids is 1. The second-order valence-electron chi connectivity index (χ2n) is 24.0. The van der Waals surface area contributed by atoms with E-state index in [1.54, 1.807) is 6.08 Å². The minimum absolute atomic E-state index is 0.205. The SMILES string of the molecule is CCCCCCCCCCCC/C=C/C(O)C(COC1OC(CO)C(OC2OC(CO)C(O)C(OC3(C(=O)O)CC(O)C(NC(C)=O)C(C(O)C(O)CO)O3)C2O)C(O)C1O)NC(=O)CCCCCCCCCCCCCCCCCCCCC. The number of carbonyl (C=O) groups excluding carboxylic acids is 2. The van der Waals surface area contributed by atoms with E-state index >= 15 is 0 Å². The third kappa shape index (κ3) is 27.6. The summed E-state index contributed by atoms with van der Waals surface area (Å²) in [5.74, 6) is -6.14. The summed E-state index contributed by atoms with van der Waals surface area (Å²) in [5, 5.41) is 136. The molecule has 0 saturated carbocycles. The third-order valence-electron chi connectivity index (χ3n) is 16.7. The van der Waals surface area contributed by atoms with Gasteiger partial charge in [-0.25, -0.2) is 4.79 Å². The lowest BCUT2D eigenvalue weighted by atomic mass is 9.88. The molecule has 0 aliphatic carbocycles. The highest BCUT2D eigenvalue weighted by Crippen LogP contribution is 2.38. The second kappa shape index (κ2) is 44.0. The smallest absolute Gasteiger partial charge is 0.364 e. The quantitative estimate of drug-likeness (QED) is 0.0298. The molecule has 2 amide bonds. The normalized spacial score (nSPS) is 29.6. The number of hydrogen-bond donors (Lipinski definition) is 14. The number of hydrogen-bond acceptors (Lipinski definition) is 20. The summed E-state index contributed by atoms with van der Waals surface area (Å²) >= 11 is 0. The Kier molecular flexibility index (Phi) is 39.7. The third-order valence-corrected chi connectivity index (χ3v) is 16.7. The number of allylic oxidation sites excluding steroid dienone is 1. The second-order valence-corrected chi connectivity index (χ2v) is 24.0. The number of amides is 2. The molecule has 3 aliphatic rings. The molecule has 498 valence electrons. The molecule has 3 fully saturated rings. The van der Waals surface area contributed by atoms with Crippen molar-refractivity contribution >= 4 is 17.8 Å². The summed E-state index contributed by atoms with van der Waals surface area (Å²) < 4.78 is 34.7. The molecule has 0 spiro atoms. The molecule has 14 N–H and O–H groups in total. The largest absolute Gasteiger partial charge is 0.477 e. The minimum Gasteiger partial charge on any atom is -0.477 e. The van der Waals surface area contributed by atoms with E-state index in [1.165, 1.54) is 135 Å². The highest BCUT2D eigenvalue weighted by molar-refractivity contribution is 5.77. The predicted molar refractivity (Wildman–Crippen MR) is 315 cm³/mol. The Morgan fingerprint density at radius 3 is 1.56 bits per heavy atom. The molecule has 3 aliphatic heterocycles. The van der Waals surface area contributed by atoms with Crippen LogP contribution in [-0.2, 0) is 42.8 Å². The molecule has 18 atom stereocenters. The van der Waals surface area contributed by atoms with Crippen LogP contribution in [0, 0.1) is 0 Å². The van der Waals surface area contributed by atoms with Crippen LogP contribution in [0.4, 0.5) is 0 Å². The molecule has 0 aromatic rings. The van der Waals surface area contributed by atoms with E-state index in [9.17, 15) is 75.7 Å². The van der Waals surface area contributed by atoms with Gasteiger partial charge in [0.25, 0.3) is 5.79 Å². The number of carbonyl (C=O) groups is 3. The fourth-order valence-electron chi connectivity index (χ4n) is 11.5. The van der Waals surface area contributed by atoms with Crippen LogP contribution in [-0.4, -0.2) is 215 Å². The Bertz CT molecular complexity index is 1790. The molecular weight excluding hydrogens is 1110 g/mol. The van der Waals surface area contributed by atoms with Gasteiger partial charge >= 0.3 is 5.97 Å². The highest BCUT2D eigenvalue weighted by Gasteiger charge is 2.60. The molecule has 3 rings (SSSR count). The van der Waals surface area contributed by atoms with E-state index < -0.39 is 155 Å². The van der Waals surface area contributed by atoms with Gasteiger partial charge in [-0.15, -0.1) is 0 Å². The van der Waals surface area contributed by atoms with Crippen molar-refractivity contribution in [2.45, 2.75) is 336 Å². The lowest BCUT2D eigenvalue weighted by Crippen LogP contribution is -2.70. The molecule has 23 heteroatoms. The van der Waals surface area contributed by atoms with Crippen LogP contribution >= 0.6 is 0 Å². The van der Waals surface area contributed by atoms with E-state index in [4.69, 9.17) is 28.4 Å². The number of ether oxygens (including phenoxy) is 6. The maximum Gasteiger partial charge on any atom is 0.364 e. The zero-order chi connectivity index (χ0) is 62.6. The van der Waals surface area contributed by atoms with Crippen LogP contribution in [0.25, 0.3) is 0 Å². The van der Waals surface area contributed by atoms with Gasteiger partial charge in [0.1, 0.15) is 67.1 Å². The molecule has 18 unspecified atom stereocenters. The summed E-state index contributed by atoms with van der Waals surface area (Å²) in [6.45, 7) is 2.11. The van der Waals surface area contributed by atoms with Gasteiger partial charge in [-0.3, -0.25) is 9.59 Å². The Morgan fingerprint density at radius 2 is 1.09 bits per heavy atom. The van der Waals surface area contributed by atoms with Gasteiger partial charge in [-0.1, -0.05) is 199 Å². The van der Waals surface area contributed by atoms with Gasteiger partial charge in [0.15, 0.2) is 12.6 Å². The summed E-state index contributed by atoms with van der Waals surface area (Å²) in [7, 11) is 0. The average Bonchev–Trinajstić information content (AvgIpc) is 1.54. The van der Waals surface area contributed by atoms with Crippen LogP contribution in [0.2, 0.25) is 0 Å². The Labute approximate surface area is 505 Å². The van der Waals surface area contributed by atoms with Crippen LogP contribution in [0.1, 0.15) is 226 Å². The zero-order valence-electron chi connectivity index (χ0n) is 51.5. The van der Waals surface area contributed by atoms with Crippen molar-refractivity contribution in [2.24, 2.45) is 0 Å². The van der Waals surface area contributed by atoms with Gasteiger partial charge in [0.2, 0.25) is 11.8 Å². The van der Waals surface area contributed by atoms with Crippen molar-refractivity contribution in [3.05, 3.63) is 12.2 Å². The van der Waals surface area contributed by atoms with Crippen molar-refractivity contribution < 1.29 is 104 Å². The summed E-state index contributed by atoms with van der Waals surface area (Å²) in [4.78, 5) is 38.4. The number of nitrogens with one attached hydrogen (secondary N) is 2. The standard InChI is InChI=1S/C62H114N2O21/c1-4-6-8-10-12-14-16-18-19-20-21-22-23-24-26-28-30-32-34-36-49(72)64-43(44(69)35-33-31-29-27-25-17-15-13-11-9-7-5-2)41-80-59-54(76)53(75)56(48(40-67)82-59)83-60-55(77)58(52(74)47(39-66)81-60)85-62(61(78)79)37-45(70)50(63-42(3)68)57(84-62)51(73)46(71)38-65/h33,35,43-48,50-60,65-67,69-71,73-77H,4-32,34,36-41H2,1-3H3,(H,63,68)(H,64,72)(H,78,79)/b35-33+. The first kappa shape index (κ1) is 76.7. The monoisotopic (exact) mass is 1220 g/mol. The van der Waals surface area contributed by atoms with Crippen molar-refractivity contribution in [1.29, 1.82) is 0 Å². The van der Waals surface area contributed by atoms with Crippen LogP contribution in [0.15, 0.2) is 12.2 Å². The molecule has 3 saturated heterocycles. The maximum absolute atomic E-state index is 13.4. The predicted octanol–water partition coefficient (Wildman–Crippen LogP) is 4.34. The summed E-state index contributed by atoms with van der Waals surface area (Å²) in [6.07, 6.45) is 9.87. The van der Waals surface area contributed by atoms with Crippen molar-refractivity contribution in [3.63, 3.8) is 0 Å². The molecule has 0 aromatic carbocycles. The number of unbranched alkanes of at least 4 members (excludes halogenated alkanes) is 28. The Balaban J connectivity index is 1.62. The Hall–Kier alpha value is -2.53. The van der Waals surface area contributed by atoms with Crippen LogP contribution in [0.5, 0.6) is 0 Å². The lowest BCUT2D eigenvalue weighted by molar-refractivity contribution is -0.386. The van der Waals surface area contributed by atoms with Gasteiger partial charge in [-0.05, 0) is 19.3 Å². The van der Waals surface area contributed by atoms with E-state index in [2.05, 4.69) is 24.5 Å². The number of carboxylic acid groups (broad SMARTS) is 1. The Morgan fingerprint density at radius 1 is 0.612 bits per heavy atom. The molecular formula is C62H114N2O21. The van der Waals surface area contributed by atoms with Gasteiger partial charge in [-0.2, -0.15) is 0 Å². The van der Waals surface area contributed by atoms with Crippen LogP contribution < -0.4 is 10.6 Å². The number of rotatable bonds is 48. The molecule has 0 bridgehead atoms. The fourth-order valence-corrected chi connectivity index (χ4v) is 11.5. The first-order valence-corrected chi connectivity index (χ1v) is 32.6. The summed E-state index contributed by atoms with van der Waals surface area (Å²) in [5.41, 5.74) is 0. The van der Waals surface area contributed by atoms with Crippen molar-refractivity contribution in [3.8, 4) is 0 Å². The first-order valence-electron chi connectivity index (χ1n) is 32.6. The molecule has 3 heterocycles. The molecule has 0 aromatic heterocycles. The number of aliphatic hydroxyl groups excluding tert-OH is 11. The highest BCUT2D eigenvalue weighted by atomic mass is 16.8. The first-order chi connectivity index (χ1) is 40.9. The van der Waals surface area contributed by atoms with E-state index in [-0.39, 0.29) is 12.3 Å². The van der Waals surface area contributed by atoms with Gasteiger partial charge in [0, 0.05) is 19.8 Å². The van der Waals surface area contributed by atoms with Gasteiger partial charge in [0.05, 0.1) is 50.7 Å². The molecule has 85 heavy (non-hydrogen) atoms.